The average molecular weight is 326 g/mol. The van der Waals surface area contributed by atoms with Gasteiger partial charge in [-0.05, 0) is 18.2 Å². The van der Waals surface area contributed by atoms with Gasteiger partial charge in [-0.15, -0.1) is 0 Å². The Bertz CT molecular complexity index is 317. The van der Waals surface area contributed by atoms with E-state index in [9.17, 15) is 15.3 Å². The summed E-state index contributed by atoms with van der Waals surface area (Å²) in [5.41, 5.74) is 0.469. The van der Waals surface area contributed by atoms with E-state index in [4.69, 9.17) is 0 Å². The first-order valence-corrected chi connectivity index (χ1v) is 5.88. The minimum absolute atomic E-state index is 0.0593. The Labute approximate surface area is 98.6 Å². The van der Waals surface area contributed by atoms with Crippen LogP contribution < -0.4 is 0 Å². The summed E-state index contributed by atoms with van der Waals surface area (Å²) in [4.78, 5) is 0. The molecule has 1 aromatic carbocycles. The summed E-state index contributed by atoms with van der Waals surface area (Å²) in [5, 5.41) is 28.6. The topological polar surface area (TPSA) is 60.7 Å². The number of phenolic OH excluding ortho intramolecular Hbond substituents is 1. The molecule has 3 N–H and O–H groups in total. The van der Waals surface area contributed by atoms with E-state index in [1.54, 1.807) is 6.07 Å². The highest BCUT2D eigenvalue weighted by Crippen LogP contribution is 2.29. The molecular formula is C9H10Br2O3. The lowest BCUT2D eigenvalue weighted by molar-refractivity contribution is 0.0337. The molecule has 2 unspecified atom stereocenters. The molecule has 0 aliphatic carbocycles. The van der Waals surface area contributed by atoms with Gasteiger partial charge in [0.15, 0.2) is 0 Å². The molecule has 0 amide bonds. The van der Waals surface area contributed by atoms with Crippen LogP contribution >= 0.6 is 31.9 Å². The summed E-state index contributed by atoms with van der Waals surface area (Å²) in [5.74, 6) is 0.0593. The Hall–Kier alpha value is -0.100. The van der Waals surface area contributed by atoms with Crippen molar-refractivity contribution >= 4 is 31.9 Å². The van der Waals surface area contributed by atoms with Crippen molar-refractivity contribution in [3.05, 3.63) is 28.2 Å². The molecule has 5 heteroatoms. The molecule has 0 fully saturated rings. The molecule has 14 heavy (non-hydrogen) atoms. The van der Waals surface area contributed by atoms with Crippen molar-refractivity contribution in [3.8, 4) is 5.75 Å². The molecular weight excluding hydrogens is 316 g/mol. The first kappa shape index (κ1) is 12.0. The lowest BCUT2D eigenvalue weighted by atomic mass is 10.1. The van der Waals surface area contributed by atoms with Crippen molar-refractivity contribution in [2.75, 3.05) is 5.33 Å². The van der Waals surface area contributed by atoms with Gasteiger partial charge in [-0.3, -0.25) is 0 Å². The third kappa shape index (κ3) is 2.70. The molecule has 0 aliphatic rings. The lowest BCUT2D eigenvalue weighted by Gasteiger charge is -2.17. The number of aliphatic hydroxyl groups is 2. The second-order valence-corrected chi connectivity index (χ2v) is 4.37. The predicted molar refractivity (Wildman–Crippen MR) is 60.6 cm³/mol. The van der Waals surface area contributed by atoms with E-state index >= 15 is 0 Å². The number of phenols is 1. The first-order chi connectivity index (χ1) is 6.56. The molecule has 0 saturated carbocycles. The van der Waals surface area contributed by atoms with Crippen LogP contribution in [0.25, 0.3) is 0 Å². The zero-order chi connectivity index (χ0) is 10.7. The number of halogens is 2. The maximum absolute atomic E-state index is 9.67. The third-order valence-electron chi connectivity index (χ3n) is 1.82. The van der Waals surface area contributed by atoms with E-state index in [1.807, 2.05) is 0 Å². The lowest BCUT2D eigenvalue weighted by Crippen LogP contribution is -2.19. The predicted octanol–water partition coefficient (Wildman–Crippen LogP) is 1.94. The van der Waals surface area contributed by atoms with Crippen molar-refractivity contribution in [1.82, 2.24) is 0 Å². The maximum Gasteiger partial charge on any atom is 0.116 e. The molecule has 0 saturated heterocycles. The maximum atomic E-state index is 9.67. The van der Waals surface area contributed by atoms with E-state index < -0.39 is 12.2 Å². The molecule has 0 aliphatic heterocycles. The van der Waals surface area contributed by atoms with Crippen molar-refractivity contribution in [2.24, 2.45) is 0 Å². The first-order valence-electron chi connectivity index (χ1n) is 3.96. The number of alkyl halides is 1. The Kier molecular flexibility index (Phi) is 4.37. The molecule has 1 rings (SSSR count). The van der Waals surface area contributed by atoms with Gasteiger partial charge in [0, 0.05) is 15.4 Å². The summed E-state index contributed by atoms with van der Waals surface area (Å²) in [6, 6.07) is 4.54. The number of benzene rings is 1. The van der Waals surface area contributed by atoms with Crippen LogP contribution in [-0.4, -0.2) is 26.8 Å². The van der Waals surface area contributed by atoms with Gasteiger partial charge in [0.25, 0.3) is 0 Å². The van der Waals surface area contributed by atoms with E-state index in [0.29, 0.717) is 10.0 Å². The second kappa shape index (κ2) is 5.11. The fourth-order valence-corrected chi connectivity index (χ4v) is 1.88. The highest BCUT2D eigenvalue weighted by molar-refractivity contribution is 9.10. The van der Waals surface area contributed by atoms with Crippen molar-refractivity contribution < 1.29 is 15.3 Å². The normalized spacial score (nSPS) is 15.1. The molecule has 2 atom stereocenters. The minimum Gasteiger partial charge on any atom is -0.508 e. The van der Waals surface area contributed by atoms with Gasteiger partial charge >= 0.3 is 0 Å². The van der Waals surface area contributed by atoms with Gasteiger partial charge in [-0.25, -0.2) is 0 Å². The zero-order valence-corrected chi connectivity index (χ0v) is 10.4. The van der Waals surface area contributed by atoms with Crippen LogP contribution in [0.3, 0.4) is 0 Å². The Morgan fingerprint density at radius 1 is 1.29 bits per heavy atom. The van der Waals surface area contributed by atoms with Gasteiger partial charge in [-0.1, -0.05) is 31.9 Å². The van der Waals surface area contributed by atoms with Crippen LogP contribution in [0.4, 0.5) is 0 Å². The highest BCUT2D eigenvalue weighted by Gasteiger charge is 2.19. The van der Waals surface area contributed by atoms with Gasteiger partial charge in [0.05, 0.1) is 6.10 Å². The minimum atomic E-state index is -1.02. The van der Waals surface area contributed by atoms with E-state index in [2.05, 4.69) is 31.9 Å². The monoisotopic (exact) mass is 324 g/mol. The van der Waals surface area contributed by atoms with Gasteiger partial charge in [-0.2, -0.15) is 0 Å². The van der Waals surface area contributed by atoms with E-state index in [-0.39, 0.29) is 11.1 Å². The van der Waals surface area contributed by atoms with Crippen molar-refractivity contribution in [1.29, 1.82) is 0 Å². The smallest absolute Gasteiger partial charge is 0.116 e. The highest BCUT2D eigenvalue weighted by atomic mass is 79.9. The summed E-state index contributed by atoms with van der Waals surface area (Å²) in [6.45, 7) is 0. The molecule has 0 aromatic heterocycles. The van der Waals surface area contributed by atoms with Crippen molar-refractivity contribution in [2.45, 2.75) is 12.2 Å². The number of hydrogen-bond acceptors (Lipinski definition) is 3. The Morgan fingerprint density at radius 2 is 1.93 bits per heavy atom. The molecule has 3 nitrogen and oxygen atoms in total. The largest absolute Gasteiger partial charge is 0.508 e. The van der Waals surface area contributed by atoms with E-state index in [1.165, 1.54) is 12.1 Å². The summed E-state index contributed by atoms with van der Waals surface area (Å²) >= 11 is 6.30. The van der Waals surface area contributed by atoms with Gasteiger partial charge < -0.3 is 15.3 Å². The zero-order valence-electron chi connectivity index (χ0n) is 7.19. The molecule has 0 radical (unpaired) electrons. The SMILES string of the molecule is Oc1ccc(Br)c(C(O)C(O)CBr)c1. The second-order valence-electron chi connectivity index (χ2n) is 2.87. The average Bonchev–Trinajstić information content (AvgIpc) is 2.19. The molecule has 0 heterocycles. The summed E-state index contributed by atoms with van der Waals surface area (Å²) in [7, 11) is 0. The molecule has 0 spiro atoms. The van der Waals surface area contributed by atoms with Crippen LogP contribution in [0.15, 0.2) is 22.7 Å². The van der Waals surface area contributed by atoms with Crippen LogP contribution in [0.5, 0.6) is 5.75 Å². The van der Waals surface area contributed by atoms with Crippen LogP contribution in [0.1, 0.15) is 11.7 Å². The number of aliphatic hydroxyl groups excluding tert-OH is 2. The van der Waals surface area contributed by atoms with Crippen LogP contribution in [0.2, 0.25) is 0 Å². The number of rotatable bonds is 3. The van der Waals surface area contributed by atoms with Crippen LogP contribution in [-0.2, 0) is 0 Å². The van der Waals surface area contributed by atoms with Gasteiger partial charge in [0.1, 0.15) is 11.9 Å². The van der Waals surface area contributed by atoms with E-state index in [0.717, 1.165) is 0 Å². The summed E-state index contributed by atoms with van der Waals surface area (Å²) in [6.07, 6.45) is -1.91. The fraction of sp³-hybridized carbons (Fsp3) is 0.333. The number of aromatic hydroxyl groups is 1. The molecule has 78 valence electrons. The quantitative estimate of drug-likeness (QED) is 0.744. The third-order valence-corrected chi connectivity index (χ3v) is 3.21. The van der Waals surface area contributed by atoms with Gasteiger partial charge in [0.2, 0.25) is 0 Å². The Morgan fingerprint density at radius 3 is 2.50 bits per heavy atom. The number of hydrogen-bond donors (Lipinski definition) is 3. The molecule has 0 bridgehead atoms. The standard InChI is InChI=1S/C9H10Br2O3/c10-4-8(13)9(14)6-3-5(12)1-2-7(6)11/h1-3,8-9,12-14H,4H2. The molecule has 1 aromatic rings. The fourth-order valence-electron chi connectivity index (χ4n) is 1.05. The van der Waals surface area contributed by atoms with Crippen molar-refractivity contribution in [3.63, 3.8) is 0 Å². The van der Waals surface area contributed by atoms with Crippen LogP contribution in [0, 0.1) is 0 Å². The summed E-state index contributed by atoms with van der Waals surface area (Å²) < 4.78 is 0.655. The Balaban J connectivity index is 2.99.